The first kappa shape index (κ1) is 17.6. The van der Waals surface area contributed by atoms with Crippen LogP contribution in [0.1, 0.15) is 5.56 Å². The fourth-order valence-electron chi connectivity index (χ4n) is 2.75. The monoisotopic (exact) mass is 340 g/mol. The molecular weight excluding hydrogens is 320 g/mol. The van der Waals surface area contributed by atoms with Crippen LogP contribution in [0.15, 0.2) is 18.2 Å². The third-order valence-corrected chi connectivity index (χ3v) is 4.33. The standard InChI is InChI=1S/C16H21ClN2O4/c1-10-5-12(17)3-4-14(10)23-9-15(21)19-6-11(8-20)13(7-19)16(22)18-2/h3-5,11,13,20H,6-9H2,1-2H3,(H,18,22)/t11-,13+/m0/s1. The lowest BCUT2D eigenvalue weighted by molar-refractivity contribution is -0.132. The van der Waals surface area contributed by atoms with Crippen molar-refractivity contribution in [2.24, 2.45) is 11.8 Å². The Morgan fingerprint density at radius 1 is 1.43 bits per heavy atom. The average molecular weight is 341 g/mol. The van der Waals surface area contributed by atoms with E-state index in [9.17, 15) is 14.7 Å². The number of ether oxygens (including phenoxy) is 1. The van der Waals surface area contributed by atoms with E-state index in [1.807, 2.05) is 6.92 Å². The molecule has 7 heteroatoms. The van der Waals surface area contributed by atoms with Crippen molar-refractivity contribution in [1.82, 2.24) is 10.2 Å². The van der Waals surface area contributed by atoms with Crippen LogP contribution in [0, 0.1) is 18.8 Å². The molecule has 1 heterocycles. The lowest BCUT2D eigenvalue weighted by Crippen LogP contribution is -2.35. The number of amides is 2. The van der Waals surface area contributed by atoms with Crippen molar-refractivity contribution in [3.05, 3.63) is 28.8 Å². The number of rotatable bonds is 5. The minimum Gasteiger partial charge on any atom is -0.483 e. The molecule has 2 rings (SSSR count). The molecule has 1 aliphatic heterocycles. The zero-order valence-corrected chi connectivity index (χ0v) is 14.0. The van der Waals surface area contributed by atoms with Gasteiger partial charge in [-0.05, 0) is 30.7 Å². The lowest BCUT2D eigenvalue weighted by Gasteiger charge is -2.17. The van der Waals surface area contributed by atoms with Gasteiger partial charge in [-0.25, -0.2) is 0 Å². The molecule has 1 aromatic carbocycles. The molecule has 2 amide bonds. The highest BCUT2D eigenvalue weighted by molar-refractivity contribution is 6.30. The maximum Gasteiger partial charge on any atom is 0.260 e. The Balaban J connectivity index is 1.94. The predicted molar refractivity (Wildman–Crippen MR) is 86.4 cm³/mol. The maximum atomic E-state index is 12.3. The van der Waals surface area contributed by atoms with Crippen LogP contribution in [0.5, 0.6) is 5.75 Å². The van der Waals surface area contributed by atoms with E-state index in [2.05, 4.69) is 5.32 Å². The second kappa shape index (κ2) is 7.66. The number of likely N-dealkylation sites (tertiary alicyclic amines) is 1. The van der Waals surface area contributed by atoms with Crippen molar-refractivity contribution < 1.29 is 19.4 Å². The molecule has 1 aliphatic rings. The molecule has 1 fully saturated rings. The molecule has 2 N–H and O–H groups in total. The molecule has 23 heavy (non-hydrogen) atoms. The van der Waals surface area contributed by atoms with Crippen LogP contribution in [0.2, 0.25) is 5.02 Å². The van der Waals surface area contributed by atoms with Gasteiger partial charge in [0.05, 0.1) is 5.92 Å². The summed E-state index contributed by atoms with van der Waals surface area (Å²) in [6, 6.07) is 5.19. The van der Waals surface area contributed by atoms with E-state index in [1.165, 1.54) is 0 Å². The van der Waals surface area contributed by atoms with Crippen molar-refractivity contribution in [2.75, 3.05) is 33.4 Å². The molecule has 0 aromatic heterocycles. The van der Waals surface area contributed by atoms with E-state index in [1.54, 1.807) is 30.1 Å². The van der Waals surface area contributed by atoms with Gasteiger partial charge in [-0.15, -0.1) is 0 Å². The smallest absolute Gasteiger partial charge is 0.260 e. The van der Waals surface area contributed by atoms with Crippen LogP contribution in [0.25, 0.3) is 0 Å². The van der Waals surface area contributed by atoms with Gasteiger partial charge in [0.1, 0.15) is 5.75 Å². The number of hydrogen-bond donors (Lipinski definition) is 2. The number of nitrogens with one attached hydrogen (secondary N) is 1. The first-order valence-corrected chi connectivity index (χ1v) is 7.83. The van der Waals surface area contributed by atoms with Crippen molar-refractivity contribution in [2.45, 2.75) is 6.92 Å². The van der Waals surface area contributed by atoms with Crippen LogP contribution >= 0.6 is 11.6 Å². The van der Waals surface area contributed by atoms with E-state index in [-0.39, 0.29) is 36.9 Å². The second-order valence-electron chi connectivity index (χ2n) is 5.66. The number of benzene rings is 1. The van der Waals surface area contributed by atoms with E-state index < -0.39 is 0 Å². The summed E-state index contributed by atoms with van der Waals surface area (Å²) < 4.78 is 5.54. The SMILES string of the molecule is CNC(=O)[C@@H]1CN(C(=O)COc2ccc(Cl)cc2C)C[C@H]1CO. The number of aliphatic hydroxyl groups is 1. The summed E-state index contributed by atoms with van der Waals surface area (Å²) in [5.41, 5.74) is 0.850. The summed E-state index contributed by atoms with van der Waals surface area (Å²) in [5.74, 6) is -0.385. The topological polar surface area (TPSA) is 78.9 Å². The first-order valence-electron chi connectivity index (χ1n) is 7.45. The van der Waals surface area contributed by atoms with Gasteiger partial charge in [-0.1, -0.05) is 11.6 Å². The number of hydrogen-bond acceptors (Lipinski definition) is 4. The molecule has 0 saturated carbocycles. The van der Waals surface area contributed by atoms with Gasteiger partial charge in [0.25, 0.3) is 5.91 Å². The summed E-state index contributed by atoms with van der Waals surface area (Å²) in [7, 11) is 1.55. The van der Waals surface area contributed by atoms with Gasteiger partial charge < -0.3 is 20.1 Å². The predicted octanol–water partition coefficient (Wildman–Crippen LogP) is 0.840. The summed E-state index contributed by atoms with van der Waals surface area (Å²) in [4.78, 5) is 25.6. The third kappa shape index (κ3) is 4.14. The van der Waals surface area contributed by atoms with Crippen molar-refractivity contribution in [3.8, 4) is 5.75 Å². The lowest BCUT2D eigenvalue weighted by atomic mass is 9.96. The minimum absolute atomic E-state index is 0.110. The summed E-state index contributed by atoms with van der Waals surface area (Å²) in [6.45, 7) is 2.27. The summed E-state index contributed by atoms with van der Waals surface area (Å²) in [6.07, 6.45) is 0. The highest BCUT2D eigenvalue weighted by Gasteiger charge is 2.38. The molecule has 1 saturated heterocycles. The number of aliphatic hydroxyl groups excluding tert-OH is 1. The normalized spacial score (nSPS) is 20.4. The van der Waals surface area contributed by atoms with Gasteiger partial charge >= 0.3 is 0 Å². The molecule has 1 aromatic rings. The van der Waals surface area contributed by atoms with Crippen LogP contribution in [-0.2, 0) is 9.59 Å². The molecule has 2 atom stereocenters. The van der Waals surface area contributed by atoms with E-state index in [4.69, 9.17) is 16.3 Å². The molecule has 126 valence electrons. The van der Waals surface area contributed by atoms with Crippen molar-refractivity contribution in [3.63, 3.8) is 0 Å². The first-order chi connectivity index (χ1) is 11.0. The minimum atomic E-state index is -0.383. The highest BCUT2D eigenvalue weighted by atomic mass is 35.5. The number of carbonyl (C=O) groups excluding carboxylic acids is 2. The Morgan fingerprint density at radius 3 is 2.78 bits per heavy atom. The van der Waals surface area contributed by atoms with Gasteiger partial charge in [0, 0.05) is 37.7 Å². The van der Waals surface area contributed by atoms with Gasteiger partial charge in [0.15, 0.2) is 6.61 Å². The number of carbonyl (C=O) groups is 2. The average Bonchev–Trinajstić information content (AvgIpc) is 2.97. The van der Waals surface area contributed by atoms with Gasteiger partial charge in [0.2, 0.25) is 5.91 Å². The van der Waals surface area contributed by atoms with Gasteiger partial charge in [-0.2, -0.15) is 0 Å². The Morgan fingerprint density at radius 2 is 2.17 bits per heavy atom. The second-order valence-corrected chi connectivity index (χ2v) is 6.10. The van der Waals surface area contributed by atoms with E-state index >= 15 is 0 Å². The zero-order valence-electron chi connectivity index (χ0n) is 13.2. The van der Waals surface area contributed by atoms with Crippen molar-refractivity contribution in [1.29, 1.82) is 0 Å². The molecular formula is C16H21ClN2O4. The highest BCUT2D eigenvalue weighted by Crippen LogP contribution is 2.25. The maximum absolute atomic E-state index is 12.3. The molecule has 6 nitrogen and oxygen atoms in total. The fraction of sp³-hybridized carbons (Fsp3) is 0.500. The summed E-state index contributed by atoms with van der Waals surface area (Å²) >= 11 is 5.88. The number of aryl methyl sites for hydroxylation is 1. The van der Waals surface area contributed by atoms with Crippen LogP contribution in [0.4, 0.5) is 0 Å². The number of halogens is 1. The fourth-order valence-corrected chi connectivity index (χ4v) is 2.97. The van der Waals surface area contributed by atoms with Crippen LogP contribution < -0.4 is 10.1 Å². The Kier molecular flexibility index (Phi) is 5.85. The molecule has 0 radical (unpaired) electrons. The van der Waals surface area contributed by atoms with Crippen LogP contribution in [0.3, 0.4) is 0 Å². The molecule has 0 unspecified atom stereocenters. The van der Waals surface area contributed by atoms with E-state index in [0.717, 1.165) is 5.56 Å². The Hall–Kier alpha value is -1.79. The van der Waals surface area contributed by atoms with Crippen LogP contribution in [-0.4, -0.2) is 55.2 Å². The largest absolute Gasteiger partial charge is 0.483 e. The van der Waals surface area contributed by atoms with Crippen molar-refractivity contribution >= 4 is 23.4 Å². The molecule has 0 bridgehead atoms. The quantitative estimate of drug-likeness (QED) is 0.832. The van der Waals surface area contributed by atoms with Gasteiger partial charge in [-0.3, -0.25) is 9.59 Å². The number of nitrogens with zero attached hydrogens (tertiary/aromatic N) is 1. The van der Waals surface area contributed by atoms with E-state index in [0.29, 0.717) is 23.9 Å². The zero-order chi connectivity index (χ0) is 17.0. The molecule has 0 spiro atoms. The Labute approximate surface area is 140 Å². The molecule has 0 aliphatic carbocycles. The Bertz CT molecular complexity index is 593. The third-order valence-electron chi connectivity index (χ3n) is 4.10. The summed E-state index contributed by atoms with van der Waals surface area (Å²) in [5, 5.41) is 12.6.